The molecule has 2 amide bonds. The Kier molecular flexibility index (Phi) is 6.08. The van der Waals surface area contributed by atoms with Crippen LogP contribution in [0.25, 0.3) is 0 Å². The zero-order valence-corrected chi connectivity index (χ0v) is 11.9. The van der Waals surface area contributed by atoms with Gasteiger partial charge in [-0.1, -0.05) is 6.42 Å². The molecule has 1 heterocycles. The van der Waals surface area contributed by atoms with Crippen LogP contribution in [0.5, 0.6) is 0 Å². The van der Waals surface area contributed by atoms with Crippen LogP contribution < -0.4 is 10.6 Å². The minimum Gasteiger partial charge on any atom is -0.481 e. The number of hydrogen-bond donors (Lipinski definition) is 3. The third kappa shape index (κ3) is 5.92. The van der Waals surface area contributed by atoms with E-state index in [1.165, 1.54) is 19.3 Å². The first kappa shape index (κ1) is 15.8. The largest absolute Gasteiger partial charge is 0.481 e. The maximum atomic E-state index is 11.5. The Hall–Kier alpha value is -1.30. The fraction of sp³-hybridized carbons (Fsp3) is 0.846. The summed E-state index contributed by atoms with van der Waals surface area (Å²) in [7, 11) is 0. The van der Waals surface area contributed by atoms with Crippen molar-refractivity contribution in [2.75, 3.05) is 32.7 Å². The predicted molar refractivity (Wildman–Crippen MR) is 73.1 cm³/mol. The predicted octanol–water partition coefficient (Wildman–Crippen LogP) is 0.882. The molecular weight excluding hydrogens is 246 g/mol. The molecule has 6 nitrogen and oxygen atoms in total. The molecule has 1 fully saturated rings. The number of aliphatic carboxylic acids is 1. The summed E-state index contributed by atoms with van der Waals surface area (Å²) in [5.41, 5.74) is -0.940. The van der Waals surface area contributed by atoms with E-state index in [1.54, 1.807) is 13.8 Å². The number of urea groups is 1. The van der Waals surface area contributed by atoms with E-state index < -0.39 is 11.4 Å². The van der Waals surface area contributed by atoms with Gasteiger partial charge in [0, 0.05) is 19.6 Å². The highest BCUT2D eigenvalue weighted by molar-refractivity contribution is 5.77. The van der Waals surface area contributed by atoms with Gasteiger partial charge in [0.25, 0.3) is 0 Å². The van der Waals surface area contributed by atoms with Gasteiger partial charge in [0.05, 0.1) is 5.41 Å². The van der Waals surface area contributed by atoms with E-state index in [1.807, 2.05) is 0 Å². The minimum absolute atomic E-state index is 0.123. The number of hydrogen-bond acceptors (Lipinski definition) is 3. The molecule has 1 rings (SSSR count). The maximum absolute atomic E-state index is 11.5. The van der Waals surface area contributed by atoms with Crippen molar-refractivity contribution in [3.8, 4) is 0 Å². The van der Waals surface area contributed by atoms with Crippen LogP contribution in [0.1, 0.15) is 33.1 Å². The second-order valence-electron chi connectivity index (χ2n) is 5.70. The smallest absolute Gasteiger partial charge is 0.314 e. The van der Waals surface area contributed by atoms with Crippen LogP contribution in [0.2, 0.25) is 0 Å². The first-order chi connectivity index (χ1) is 8.92. The number of carbonyl (C=O) groups is 2. The molecule has 0 atom stereocenters. The zero-order chi connectivity index (χ0) is 14.3. The van der Waals surface area contributed by atoms with E-state index in [4.69, 9.17) is 5.11 Å². The molecule has 110 valence electrons. The van der Waals surface area contributed by atoms with Gasteiger partial charge in [-0.05, 0) is 39.8 Å². The van der Waals surface area contributed by atoms with Gasteiger partial charge in [0.15, 0.2) is 0 Å². The Labute approximate surface area is 114 Å². The van der Waals surface area contributed by atoms with Gasteiger partial charge in [-0.3, -0.25) is 4.79 Å². The molecule has 1 aliphatic heterocycles. The van der Waals surface area contributed by atoms with E-state index in [0.29, 0.717) is 6.54 Å². The molecule has 1 saturated heterocycles. The Morgan fingerprint density at radius 2 is 1.79 bits per heavy atom. The molecule has 0 aromatic carbocycles. The molecule has 6 heteroatoms. The molecule has 19 heavy (non-hydrogen) atoms. The average Bonchev–Trinajstić information content (AvgIpc) is 2.37. The van der Waals surface area contributed by atoms with Gasteiger partial charge in [0.1, 0.15) is 0 Å². The fourth-order valence-corrected chi connectivity index (χ4v) is 1.95. The number of carboxylic acid groups (broad SMARTS) is 1. The normalized spacial score (nSPS) is 16.9. The van der Waals surface area contributed by atoms with Crippen LogP contribution in [0, 0.1) is 5.41 Å². The van der Waals surface area contributed by atoms with E-state index >= 15 is 0 Å². The number of likely N-dealkylation sites (tertiary alicyclic amines) is 1. The molecule has 0 aromatic heterocycles. The van der Waals surface area contributed by atoms with Crippen molar-refractivity contribution in [1.29, 1.82) is 0 Å². The molecule has 0 saturated carbocycles. The maximum Gasteiger partial charge on any atom is 0.314 e. The second-order valence-corrected chi connectivity index (χ2v) is 5.70. The highest BCUT2D eigenvalue weighted by Crippen LogP contribution is 2.12. The highest BCUT2D eigenvalue weighted by atomic mass is 16.4. The third-order valence-corrected chi connectivity index (χ3v) is 3.43. The summed E-state index contributed by atoms with van der Waals surface area (Å²) >= 11 is 0. The van der Waals surface area contributed by atoms with Crippen molar-refractivity contribution in [3.05, 3.63) is 0 Å². The number of nitrogens with one attached hydrogen (secondary N) is 2. The van der Waals surface area contributed by atoms with Crippen LogP contribution in [-0.4, -0.2) is 54.7 Å². The number of amides is 2. The molecule has 0 aromatic rings. The van der Waals surface area contributed by atoms with E-state index in [9.17, 15) is 9.59 Å². The van der Waals surface area contributed by atoms with Crippen LogP contribution in [-0.2, 0) is 4.79 Å². The lowest BCUT2D eigenvalue weighted by atomic mass is 9.94. The van der Waals surface area contributed by atoms with E-state index in [2.05, 4.69) is 15.5 Å². The van der Waals surface area contributed by atoms with Gasteiger partial charge in [0.2, 0.25) is 0 Å². The van der Waals surface area contributed by atoms with Gasteiger partial charge >= 0.3 is 12.0 Å². The van der Waals surface area contributed by atoms with Crippen molar-refractivity contribution in [2.45, 2.75) is 33.1 Å². The first-order valence-corrected chi connectivity index (χ1v) is 6.89. The molecule has 3 N–H and O–H groups in total. The van der Waals surface area contributed by atoms with Gasteiger partial charge in [-0.25, -0.2) is 4.79 Å². The molecule has 0 spiro atoms. The Morgan fingerprint density at radius 3 is 2.37 bits per heavy atom. The summed E-state index contributed by atoms with van der Waals surface area (Å²) in [4.78, 5) is 24.7. The lowest BCUT2D eigenvalue weighted by Gasteiger charge is -2.26. The van der Waals surface area contributed by atoms with Crippen LogP contribution in [0.4, 0.5) is 4.79 Å². The zero-order valence-electron chi connectivity index (χ0n) is 11.9. The van der Waals surface area contributed by atoms with E-state index in [-0.39, 0.29) is 12.6 Å². The molecule has 0 unspecified atom stereocenters. The minimum atomic E-state index is -0.940. The quantitative estimate of drug-likeness (QED) is 0.670. The monoisotopic (exact) mass is 271 g/mol. The standard InChI is InChI=1S/C13H25N3O3/c1-13(2,11(17)18)10-15-12(19)14-6-9-16-7-4-3-5-8-16/h3-10H2,1-2H3,(H,17,18)(H2,14,15,19). The molecule has 0 bridgehead atoms. The summed E-state index contributed by atoms with van der Waals surface area (Å²) in [5.74, 6) is -0.916. The number of carboxylic acids is 1. The fourth-order valence-electron chi connectivity index (χ4n) is 1.95. The third-order valence-electron chi connectivity index (χ3n) is 3.43. The van der Waals surface area contributed by atoms with Crippen LogP contribution in [0.3, 0.4) is 0 Å². The number of piperidine rings is 1. The summed E-state index contributed by atoms with van der Waals surface area (Å²) in [5, 5.41) is 14.3. The number of nitrogens with zero attached hydrogens (tertiary/aromatic N) is 1. The van der Waals surface area contributed by atoms with Crippen molar-refractivity contribution >= 4 is 12.0 Å². The van der Waals surface area contributed by atoms with Crippen LogP contribution in [0.15, 0.2) is 0 Å². The lowest BCUT2D eigenvalue weighted by molar-refractivity contribution is -0.146. The van der Waals surface area contributed by atoms with Gasteiger partial charge < -0.3 is 20.6 Å². The van der Waals surface area contributed by atoms with Crippen molar-refractivity contribution in [3.63, 3.8) is 0 Å². The summed E-state index contributed by atoms with van der Waals surface area (Å²) in [6, 6.07) is -0.300. The molecule has 0 aliphatic carbocycles. The topological polar surface area (TPSA) is 81.7 Å². The lowest BCUT2D eigenvalue weighted by Crippen LogP contribution is -2.45. The van der Waals surface area contributed by atoms with Gasteiger partial charge in [-0.2, -0.15) is 0 Å². The second kappa shape index (κ2) is 7.33. The highest BCUT2D eigenvalue weighted by Gasteiger charge is 2.27. The van der Waals surface area contributed by atoms with Crippen molar-refractivity contribution < 1.29 is 14.7 Å². The summed E-state index contributed by atoms with van der Waals surface area (Å²) < 4.78 is 0. The Balaban J connectivity index is 2.12. The molecular formula is C13H25N3O3. The molecule has 0 radical (unpaired) electrons. The Bertz CT molecular complexity index is 312. The van der Waals surface area contributed by atoms with Crippen molar-refractivity contribution in [2.24, 2.45) is 5.41 Å². The van der Waals surface area contributed by atoms with Crippen molar-refractivity contribution in [1.82, 2.24) is 15.5 Å². The Morgan fingerprint density at radius 1 is 1.16 bits per heavy atom. The number of carbonyl (C=O) groups excluding carboxylic acids is 1. The summed E-state index contributed by atoms with van der Waals surface area (Å²) in [6.07, 6.45) is 3.77. The average molecular weight is 271 g/mol. The first-order valence-electron chi connectivity index (χ1n) is 6.89. The SMILES string of the molecule is CC(C)(CNC(=O)NCCN1CCCCC1)C(=O)O. The molecule has 1 aliphatic rings. The number of rotatable bonds is 6. The van der Waals surface area contributed by atoms with E-state index in [0.717, 1.165) is 19.6 Å². The summed E-state index contributed by atoms with van der Waals surface area (Å²) in [6.45, 7) is 6.96. The van der Waals surface area contributed by atoms with Gasteiger partial charge in [-0.15, -0.1) is 0 Å². The van der Waals surface area contributed by atoms with Crippen LogP contribution >= 0.6 is 0 Å².